The standard InChI is InChI=1S/2C16H37P.C2H4O2/c2*1-5-9-13-17(14-10-6-2,15-11-7-3)16-12-8-4;1-2(3)4/h2*17H,5-16H2,1-4H3;1H3,(H,3,4). The number of carbonyl (C=O) groups is 1. The minimum atomic E-state index is -0.879. The van der Waals surface area contributed by atoms with Gasteiger partial charge in [0.2, 0.25) is 0 Å². The van der Waals surface area contributed by atoms with Crippen molar-refractivity contribution in [3.05, 3.63) is 0 Å². The summed E-state index contributed by atoms with van der Waals surface area (Å²) in [5.41, 5.74) is 0. The van der Waals surface area contributed by atoms with Crippen molar-refractivity contribution < 1.29 is 9.90 Å². The second-order valence-corrected chi connectivity index (χ2v) is 22.3. The van der Waals surface area contributed by atoms with Gasteiger partial charge >= 0.3 is 222 Å². The molecule has 0 amide bonds. The molecule has 38 heavy (non-hydrogen) atoms. The van der Waals surface area contributed by atoms with E-state index in [4.69, 9.17) is 9.90 Å². The van der Waals surface area contributed by atoms with Crippen molar-refractivity contribution >= 4 is 20.5 Å². The van der Waals surface area contributed by atoms with Crippen molar-refractivity contribution in [2.24, 2.45) is 0 Å². The maximum atomic E-state index is 9.00. The van der Waals surface area contributed by atoms with Crippen LogP contribution in [-0.4, -0.2) is 60.4 Å². The van der Waals surface area contributed by atoms with Crippen LogP contribution in [0.25, 0.3) is 0 Å². The van der Waals surface area contributed by atoms with Crippen molar-refractivity contribution in [1.82, 2.24) is 0 Å². The van der Waals surface area contributed by atoms with E-state index < -0.39 is 20.5 Å². The van der Waals surface area contributed by atoms with Crippen LogP contribution in [-0.2, 0) is 4.79 Å². The summed E-state index contributed by atoms with van der Waals surface area (Å²) in [7, 11) is -1.76. The molecule has 0 fully saturated rings. The van der Waals surface area contributed by atoms with Crippen LogP contribution in [0.4, 0.5) is 0 Å². The zero-order chi connectivity index (χ0) is 29.5. The summed E-state index contributed by atoms with van der Waals surface area (Å²) >= 11 is 0. The molecule has 4 heteroatoms. The molecule has 0 radical (unpaired) electrons. The number of carboxylic acids is 1. The first kappa shape index (κ1) is 42.8. The second-order valence-electron chi connectivity index (χ2n) is 12.3. The number of rotatable bonds is 24. The predicted octanol–water partition coefficient (Wildman–Crippen LogP) is 12.0. The summed E-state index contributed by atoms with van der Waals surface area (Å²) in [5.74, 6) is -0.833. The van der Waals surface area contributed by atoms with E-state index in [2.05, 4.69) is 55.4 Å². The molecule has 0 aliphatic rings. The molecule has 0 aliphatic carbocycles. The van der Waals surface area contributed by atoms with E-state index in [1.54, 1.807) is 49.3 Å². The van der Waals surface area contributed by atoms with Crippen LogP contribution in [0.15, 0.2) is 0 Å². The van der Waals surface area contributed by atoms with E-state index in [1.165, 1.54) is 103 Å². The fourth-order valence-corrected chi connectivity index (χ4v) is 17.7. The van der Waals surface area contributed by atoms with Gasteiger partial charge in [-0.15, -0.1) is 0 Å². The first-order chi connectivity index (χ1) is 18.2. The molecule has 0 unspecified atom stereocenters. The quantitative estimate of drug-likeness (QED) is 0.115. The van der Waals surface area contributed by atoms with Gasteiger partial charge in [-0.25, -0.2) is 0 Å². The van der Waals surface area contributed by atoms with E-state index in [1.807, 2.05) is 0 Å². The third kappa shape index (κ3) is 27.9. The molecule has 1 N–H and O–H groups in total. The maximum absolute atomic E-state index is 9.00. The molecule has 0 heterocycles. The summed E-state index contributed by atoms with van der Waals surface area (Å²) < 4.78 is 0. The Morgan fingerprint density at radius 1 is 0.395 bits per heavy atom. The van der Waals surface area contributed by atoms with Crippen LogP contribution in [0.2, 0.25) is 0 Å². The molecule has 236 valence electrons. The molecule has 0 spiro atoms. The summed E-state index contributed by atoms with van der Waals surface area (Å²) in [6.07, 6.45) is 36.3. The number of hydrogen-bond donors (Lipinski definition) is 1. The third-order valence-corrected chi connectivity index (χ3v) is 19.8. The Morgan fingerprint density at radius 3 is 0.579 bits per heavy atom. The number of hydrogen-bond acceptors (Lipinski definition) is 1. The molecule has 0 aromatic rings. The Morgan fingerprint density at radius 2 is 0.500 bits per heavy atom. The van der Waals surface area contributed by atoms with Crippen LogP contribution in [0.1, 0.15) is 165 Å². The average Bonchev–Trinajstić information content (AvgIpc) is 2.91. The summed E-state index contributed by atoms with van der Waals surface area (Å²) in [4.78, 5) is 9.00. The van der Waals surface area contributed by atoms with Crippen LogP contribution >= 0.6 is 14.5 Å². The van der Waals surface area contributed by atoms with Crippen LogP contribution in [0.3, 0.4) is 0 Å². The number of unbranched alkanes of at least 4 members (excludes halogenated alkanes) is 8. The Balaban J connectivity index is -0.000000564. The van der Waals surface area contributed by atoms with Crippen molar-refractivity contribution in [2.45, 2.75) is 165 Å². The Labute approximate surface area is 244 Å². The molecular weight excluding hydrogens is 502 g/mol. The second kappa shape index (κ2) is 31.9. The first-order valence-electron chi connectivity index (χ1n) is 17.4. The van der Waals surface area contributed by atoms with Gasteiger partial charge < -0.3 is 5.11 Å². The normalized spacial score (nSPS) is 12.2. The zero-order valence-corrected chi connectivity index (χ0v) is 30.3. The third-order valence-electron chi connectivity index (χ3n) is 8.49. The van der Waals surface area contributed by atoms with E-state index in [0.29, 0.717) is 0 Å². The van der Waals surface area contributed by atoms with Gasteiger partial charge in [0.1, 0.15) is 0 Å². The fourth-order valence-electron chi connectivity index (χ4n) is 5.91. The van der Waals surface area contributed by atoms with Gasteiger partial charge in [-0.05, 0) is 0 Å². The van der Waals surface area contributed by atoms with Crippen LogP contribution in [0.5, 0.6) is 0 Å². The van der Waals surface area contributed by atoms with Gasteiger partial charge in [0, 0.05) is 6.92 Å². The molecule has 2 nitrogen and oxygen atoms in total. The average molecular weight is 581 g/mol. The zero-order valence-electron chi connectivity index (χ0n) is 28.3. The predicted molar refractivity (Wildman–Crippen MR) is 188 cm³/mol. The Hall–Kier alpha value is 0.330. The van der Waals surface area contributed by atoms with Crippen molar-refractivity contribution in [1.29, 1.82) is 0 Å². The molecule has 0 saturated carbocycles. The summed E-state index contributed by atoms with van der Waals surface area (Å²) in [6.45, 7) is 20.0. The molecule has 0 saturated heterocycles. The summed E-state index contributed by atoms with van der Waals surface area (Å²) in [6, 6.07) is 0. The molecule has 0 aromatic heterocycles. The molecule has 0 aromatic carbocycles. The Bertz CT molecular complexity index is 352. The van der Waals surface area contributed by atoms with Crippen molar-refractivity contribution in [3.8, 4) is 0 Å². The minimum absolute atomic E-state index is 0.833. The van der Waals surface area contributed by atoms with E-state index >= 15 is 0 Å². The van der Waals surface area contributed by atoms with Gasteiger partial charge in [-0.1, -0.05) is 0 Å². The van der Waals surface area contributed by atoms with Gasteiger partial charge in [-0.2, -0.15) is 0 Å². The first-order valence-corrected chi connectivity index (χ1v) is 23.1. The van der Waals surface area contributed by atoms with E-state index in [9.17, 15) is 0 Å². The molecule has 0 aliphatic heterocycles. The van der Waals surface area contributed by atoms with Crippen molar-refractivity contribution in [3.63, 3.8) is 0 Å². The summed E-state index contributed by atoms with van der Waals surface area (Å²) in [5, 5.41) is 7.42. The molecule has 0 atom stereocenters. The topological polar surface area (TPSA) is 37.3 Å². The number of carboxylic acid groups (broad SMARTS) is 1. The van der Waals surface area contributed by atoms with Gasteiger partial charge in [0.05, 0.1) is 0 Å². The molecule has 0 bridgehead atoms. The monoisotopic (exact) mass is 581 g/mol. The van der Waals surface area contributed by atoms with Gasteiger partial charge in [0.15, 0.2) is 0 Å². The van der Waals surface area contributed by atoms with Crippen LogP contribution < -0.4 is 0 Å². The SMILES string of the molecule is CC(=O)O.CCCC[PH](CCCC)(CCCC)CCCC.CCCC[PH](CCCC)(CCCC)CCCC. The van der Waals surface area contributed by atoms with E-state index in [0.717, 1.165) is 6.92 Å². The fraction of sp³-hybridized carbons (Fsp3) is 0.971. The van der Waals surface area contributed by atoms with E-state index in [-0.39, 0.29) is 0 Å². The van der Waals surface area contributed by atoms with Crippen LogP contribution in [0, 0.1) is 0 Å². The van der Waals surface area contributed by atoms with Gasteiger partial charge in [-0.3, -0.25) is 4.79 Å². The number of aliphatic carboxylic acids is 1. The van der Waals surface area contributed by atoms with Crippen molar-refractivity contribution in [2.75, 3.05) is 49.3 Å². The molecular formula is C34H78O2P2. The Kier molecular flexibility index (Phi) is 35.9. The van der Waals surface area contributed by atoms with Gasteiger partial charge in [0.25, 0.3) is 5.97 Å². The molecule has 0 rings (SSSR count).